The Labute approximate surface area is 93.4 Å². The van der Waals surface area contributed by atoms with Crippen molar-refractivity contribution in [2.75, 3.05) is 5.32 Å². The Morgan fingerprint density at radius 1 is 1.75 bits per heavy atom. The van der Waals surface area contributed by atoms with Gasteiger partial charge >= 0.3 is 0 Å². The van der Waals surface area contributed by atoms with Gasteiger partial charge in [-0.1, -0.05) is 0 Å². The molecule has 6 nitrogen and oxygen atoms in total. The fourth-order valence-corrected chi connectivity index (χ4v) is 1.80. The van der Waals surface area contributed by atoms with Gasteiger partial charge in [0.2, 0.25) is 0 Å². The Hall–Kier alpha value is -1.40. The first kappa shape index (κ1) is 11.1. The summed E-state index contributed by atoms with van der Waals surface area (Å²) in [6, 6.07) is 1.66. The van der Waals surface area contributed by atoms with Crippen molar-refractivity contribution in [1.29, 1.82) is 0 Å². The summed E-state index contributed by atoms with van der Waals surface area (Å²) in [5, 5.41) is 16.3. The molecule has 1 unspecified atom stereocenters. The minimum absolute atomic E-state index is 0.425. The molecule has 6 heteroatoms. The number of aliphatic hydroxyl groups is 1. The van der Waals surface area contributed by atoms with Crippen LogP contribution < -0.4 is 11.1 Å². The SMILES string of the molecule is Cn1ccc(NC(=O)C(O)C2(N)CCC2)n1. The zero-order valence-electron chi connectivity index (χ0n) is 9.18. The Morgan fingerprint density at radius 2 is 2.44 bits per heavy atom. The zero-order chi connectivity index (χ0) is 11.8. The molecular weight excluding hydrogens is 208 g/mol. The third kappa shape index (κ3) is 1.94. The van der Waals surface area contributed by atoms with Crippen LogP contribution in [0.5, 0.6) is 0 Å². The van der Waals surface area contributed by atoms with Gasteiger partial charge < -0.3 is 16.2 Å². The van der Waals surface area contributed by atoms with Gasteiger partial charge in [-0.3, -0.25) is 9.48 Å². The van der Waals surface area contributed by atoms with Crippen molar-refractivity contribution in [1.82, 2.24) is 9.78 Å². The lowest BCUT2D eigenvalue weighted by molar-refractivity contribution is -0.129. The summed E-state index contributed by atoms with van der Waals surface area (Å²) in [6.07, 6.45) is 2.88. The number of anilines is 1. The van der Waals surface area contributed by atoms with Crippen molar-refractivity contribution >= 4 is 11.7 Å². The van der Waals surface area contributed by atoms with Crippen LogP contribution in [0.15, 0.2) is 12.3 Å². The molecule has 1 saturated carbocycles. The van der Waals surface area contributed by atoms with E-state index >= 15 is 0 Å². The summed E-state index contributed by atoms with van der Waals surface area (Å²) >= 11 is 0. The van der Waals surface area contributed by atoms with E-state index in [0.29, 0.717) is 18.7 Å². The number of hydrogen-bond donors (Lipinski definition) is 3. The second-order valence-corrected chi connectivity index (χ2v) is 4.35. The zero-order valence-corrected chi connectivity index (χ0v) is 9.18. The van der Waals surface area contributed by atoms with Gasteiger partial charge in [-0.05, 0) is 19.3 Å². The van der Waals surface area contributed by atoms with Crippen LogP contribution in [0.3, 0.4) is 0 Å². The Balaban J connectivity index is 1.97. The Kier molecular flexibility index (Phi) is 2.69. The highest BCUT2D eigenvalue weighted by Gasteiger charge is 2.43. The number of nitrogens with zero attached hydrogens (tertiary/aromatic N) is 2. The first-order valence-electron chi connectivity index (χ1n) is 5.29. The molecule has 0 radical (unpaired) electrons. The van der Waals surface area contributed by atoms with Crippen LogP contribution in [0.25, 0.3) is 0 Å². The van der Waals surface area contributed by atoms with Crippen molar-refractivity contribution in [3.8, 4) is 0 Å². The van der Waals surface area contributed by atoms with Gasteiger partial charge in [0.1, 0.15) is 0 Å². The molecule has 0 aliphatic heterocycles. The summed E-state index contributed by atoms with van der Waals surface area (Å²) < 4.78 is 1.57. The van der Waals surface area contributed by atoms with Gasteiger partial charge in [-0.2, -0.15) is 5.10 Å². The molecule has 1 heterocycles. The quantitative estimate of drug-likeness (QED) is 0.651. The number of rotatable bonds is 3. The van der Waals surface area contributed by atoms with Crippen LogP contribution in [0, 0.1) is 0 Å². The number of amides is 1. The van der Waals surface area contributed by atoms with E-state index in [9.17, 15) is 9.90 Å². The molecule has 2 rings (SSSR count). The lowest BCUT2D eigenvalue weighted by atomic mass is 9.73. The topological polar surface area (TPSA) is 93.2 Å². The number of aryl methyl sites for hydroxylation is 1. The first-order valence-corrected chi connectivity index (χ1v) is 5.29. The molecule has 1 atom stereocenters. The molecule has 1 aliphatic rings. The minimum Gasteiger partial charge on any atom is -0.381 e. The van der Waals surface area contributed by atoms with Gasteiger partial charge in [0.05, 0.1) is 5.54 Å². The van der Waals surface area contributed by atoms with Gasteiger partial charge in [-0.15, -0.1) is 0 Å². The predicted molar refractivity (Wildman–Crippen MR) is 58.6 cm³/mol. The number of carbonyl (C=O) groups is 1. The smallest absolute Gasteiger partial charge is 0.256 e. The van der Waals surface area contributed by atoms with E-state index in [0.717, 1.165) is 6.42 Å². The lowest BCUT2D eigenvalue weighted by Crippen LogP contribution is -2.60. The maximum absolute atomic E-state index is 11.7. The highest BCUT2D eigenvalue weighted by molar-refractivity contribution is 5.94. The molecule has 16 heavy (non-hydrogen) atoms. The number of nitrogens with two attached hydrogens (primary N) is 1. The summed E-state index contributed by atoms with van der Waals surface area (Å²) in [4.78, 5) is 11.7. The van der Waals surface area contributed by atoms with Crippen molar-refractivity contribution in [3.63, 3.8) is 0 Å². The van der Waals surface area contributed by atoms with E-state index in [2.05, 4.69) is 10.4 Å². The average molecular weight is 224 g/mol. The molecule has 0 spiro atoms. The largest absolute Gasteiger partial charge is 0.381 e. The summed E-state index contributed by atoms with van der Waals surface area (Å²) in [5.74, 6) is -0.0598. The molecule has 1 aromatic heterocycles. The Morgan fingerprint density at radius 3 is 2.88 bits per heavy atom. The van der Waals surface area contributed by atoms with Crippen molar-refractivity contribution in [2.24, 2.45) is 12.8 Å². The van der Waals surface area contributed by atoms with E-state index in [1.54, 1.807) is 24.0 Å². The summed E-state index contributed by atoms with van der Waals surface area (Å²) in [7, 11) is 1.75. The number of aliphatic hydroxyl groups excluding tert-OH is 1. The van der Waals surface area contributed by atoms with Crippen LogP contribution in [0.1, 0.15) is 19.3 Å². The Bertz CT molecular complexity index is 397. The van der Waals surface area contributed by atoms with Gasteiger partial charge in [0.25, 0.3) is 5.91 Å². The predicted octanol–water partition coefficient (Wildman–Crippen LogP) is -0.399. The van der Waals surface area contributed by atoms with E-state index in [1.165, 1.54) is 0 Å². The van der Waals surface area contributed by atoms with Crippen LogP contribution >= 0.6 is 0 Å². The van der Waals surface area contributed by atoms with E-state index in [1.807, 2.05) is 0 Å². The van der Waals surface area contributed by atoms with Gasteiger partial charge in [0, 0.05) is 19.3 Å². The average Bonchev–Trinajstić information content (AvgIpc) is 2.59. The lowest BCUT2D eigenvalue weighted by Gasteiger charge is -2.40. The molecule has 1 aromatic rings. The van der Waals surface area contributed by atoms with Crippen LogP contribution in [-0.4, -0.2) is 32.4 Å². The van der Waals surface area contributed by atoms with Crippen molar-refractivity contribution in [2.45, 2.75) is 30.9 Å². The fourth-order valence-electron chi connectivity index (χ4n) is 1.80. The molecule has 0 saturated heterocycles. The standard InChI is InChI=1S/C10H16N4O2/c1-14-6-3-7(13-14)12-9(16)8(15)10(11)4-2-5-10/h3,6,8,15H,2,4-5,11H2,1H3,(H,12,13,16). The summed E-state index contributed by atoms with van der Waals surface area (Å²) in [5.41, 5.74) is 5.12. The number of nitrogens with one attached hydrogen (secondary N) is 1. The third-order valence-electron chi connectivity index (χ3n) is 3.04. The fraction of sp³-hybridized carbons (Fsp3) is 0.600. The molecular formula is C10H16N4O2. The molecule has 1 amide bonds. The number of carbonyl (C=O) groups excluding carboxylic acids is 1. The normalized spacial score (nSPS) is 19.9. The second kappa shape index (κ2) is 3.88. The first-order chi connectivity index (χ1) is 7.51. The monoisotopic (exact) mass is 224 g/mol. The maximum atomic E-state index is 11.7. The van der Waals surface area contributed by atoms with E-state index < -0.39 is 17.6 Å². The molecule has 0 aromatic carbocycles. The van der Waals surface area contributed by atoms with Crippen LogP contribution in [0.4, 0.5) is 5.82 Å². The van der Waals surface area contributed by atoms with Crippen molar-refractivity contribution < 1.29 is 9.90 Å². The molecule has 0 bridgehead atoms. The molecule has 4 N–H and O–H groups in total. The highest BCUT2D eigenvalue weighted by Crippen LogP contribution is 2.32. The second-order valence-electron chi connectivity index (χ2n) is 4.35. The van der Waals surface area contributed by atoms with E-state index in [-0.39, 0.29) is 0 Å². The van der Waals surface area contributed by atoms with Crippen molar-refractivity contribution in [3.05, 3.63) is 12.3 Å². The number of hydrogen-bond acceptors (Lipinski definition) is 4. The third-order valence-corrected chi connectivity index (χ3v) is 3.04. The van der Waals surface area contributed by atoms with E-state index in [4.69, 9.17) is 5.73 Å². The minimum atomic E-state index is -1.16. The molecule has 88 valence electrons. The maximum Gasteiger partial charge on any atom is 0.256 e. The van der Waals surface area contributed by atoms with Crippen LogP contribution in [0.2, 0.25) is 0 Å². The molecule has 1 aliphatic carbocycles. The molecule has 1 fully saturated rings. The van der Waals surface area contributed by atoms with Gasteiger partial charge in [-0.25, -0.2) is 0 Å². The highest BCUT2D eigenvalue weighted by atomic mass is 16.3. The number of aromatic nitrogens is 2. The van der Waals surface area contributed by atoms with Gasteiger partial charge in [0.15, 0.2) is 11.9 Å². The summed E-state index contributed by atoms with van der Waals surface area (Å²) in [6.45, 7) is 0. The van der Waals surface area contributed by atoms with Crippen LogP contribution in [-0.2, 0) is 11.8 Å².